The van der Waals surface area contributed by atoms with Crippen LogP contribution in [0.2, 0.25) is 0 Å². The first-order valence-corrected chi connectivity index (χ1v) is 19.9. The van der Waals surface area contributed by atoms with Crippen LogP contribution in [0.4, 0.5) is 0 Å². The maximum Gasteiger partial charge on any atom is 0.122 e. The minimum Gasteiger partial charge on any atom is -0.507 e. The number of aromatic hydroxyl groups is 2. The highest BCUT2D eigenvalue weighted by molar-refractivity contribution is 5.53. The summed E-state index contributed by atoms with van der Waals surface area (Å²) in [5, 5.41) is 23.9. The third-order valence-electron chi connectivity index (χ3n) is 12.7. The van der Waals surface area contributed by atoms with Crippen molar-refractivity contribution in [2.24, 2.45) is 0 Å². The molecule has 4 aliphatic carbocycles. The summed E-state index contributed by atoms with van der Waals surface area (Å²) >= 11 is 0. The summed E-state index contributed by atoms with van der Waals surface area (Å²) < 4.78 is 0. The first kappa shape index (κ1) is 33.0. The number of unbranched alkanes of at least 4 members (excludes halogenated alkanes) is 3. The average molecular weight is 613 g/mol. The number of hydrogen-bond donors (Lipinski definition) is 2. The molecule has 2 aromatic carbocycles. The molecule has 0 amide bonds. The molecule has 0 bridgehead atoms. The van der Waals surface area contributed by atoms with Gasteiger partial charge in [0, 0.05) is 5.92 Å². The fourth-order valence-corrected chi connectivity index (χ4v) is 10.0. The lowest BCUT2D eigenvalue weighted by atomic mass is 9.74. The Labute approximate surface area is 275 Å². The summed E-state index contributed by atoms with van der Waals surface area (Å²) in [6, 6.07) is 9.93. The van der Waals surface area contributed by atoms with Gasteiger partial charge in [0.2, 0.25) is 0 Å². The molecule has 2 heteroatoms. The SMILES string of the molecule is CCCCCCC(c1cc(C2CCCCC2)c(O)c(C2CCCCC2)c1)c1cc(C2CCCCC2)c(O)c(C2CCCCC2)c1. The highest BCUT2D eigenvalue weighted by Gasteiger charge is 2.30. The highest BCUT2D eigenvalue weighted by atomic mass is 16.3. The predicted molar refractivity (Wildman–Crippen MR) is 190 cm³/mol. The Bertz CT molecular complexity index is 1040. The normalized spacial score (nSPS) is 21.5. The minimum atomic E-state index is 0.331. The monoisotopic (exact) mass is 612 g/mol. The minimum absolute atomic E-state index is 0.331. The van der Waals surface area contributed by atoms with E-state index >= 15 is 0 Å². The van der Waals surface area contributed by atoms with Crippen molar-refractivity contribution in [2.45, 2.75) is 197 Å². The standard InChI is InChI=1S/C43H64O2/c1-2-3-4-17-26-37(35-27-38(31-18-9-5-10-19-31)42(44)39(28-35)32-20-11-6-12-21-32)36-29-40(33-22-13-7-14-23-33)43(45)41(30-36)34-24-15-8-16-25-34/h27-34,37,44-45H,2-26H2,1H3. The molecule has 0 unspecified atom stereocenters. The van der Waals surface area contributed by atoms with Gasteiger partial charge in [-0.2, -0.15) is 0 Å². The van der Waals surface area contributed by atoms with Gasteiger partial charge >= 0.3 is 0 Å². The van der Waals surface area contributed by atoms with Crippen LogP contribution in [-0.2, 0) is 0 Å². The molecule has 6 rings (SSSR count). The van der Waals surface area contributed by atoms with E-state index in [1.165, 1.54) is 187 Å². The number of benzene rings is 2. The third kappa shape index (κ3) is 7.96. The second kappa shape index (κ2) is 16.2. The van der Waals surface area contributed by atoms with E-state index < -0.39 is 0 Å². The molecule has 4 saturated carbocycles. The van der Waals surface area contributed by atoms with Gasteiger partial charge in [-0.15, -0.1) is 0 Å². The van der Waals surface area contributed by atoms with Gasteiger partial charge < -0.3 is 10.2 Å². The largest absolute Gasteiger partial charge is 0.507 e. The van der Waals surface area contributed by atoms with Crippen LogP contribution in [0.5, 0.6) is 11.5 Å². The smallest absolute Gasteiger partial charge is 0.122 e. The summed E-state index contributed by atoms with van der Waals surface area (Å²) in [4.78, 5) is 0. The van der Waals surface area contributed by atoms with Gasteiger partial charge in [-0.1, -0.05) is 134 Å². The van der Waals surface area contributed by atoms with Crippen LogP contribution in [0.1, 0.15) is 230 Å². The van der Waals surface area contributed by atoms with Gasteiger partial charge in [-0.05, 0) is 115 Å². The van der Waals surface area contributed by atoms with Gasteiger partial charge in [0.05, 0.1) is 0 Å². The van der Waals surface area contributed by atoms with E-state index in [0.717, 1.165) is 6.42 Å². The number of rotatable bonds is 11. The lowest BCUT2D eigenvalue weighted by Crippen LogP contribution is -2.14. The fourth-order valence-electron chi connectivity index (χ4n) is 10.0. The summed E-state index contributed by atoms with van der Waals surface area (Å²) in [5.41, 5.74) is 7.99. The lowest BCUT2D eigenvalue weighted by Gasteiger charge is -2.32. The van der Waals surface area contributed by atoms with Gasteiger partial charge in [0.15, 0.2) is 0 Å². The Hall–Kier alpha value is -1.96. The van der Waals surface area contributed by atoms with Gasteiger partial charge in [0.1, 0.15) is 11.5 Å². The zero-order chi connectivity index (χ0) is 31.0. The summed E-state index contributed by atoms with van der Waals surface area (Å²) in [6.45, 7) is 2.32. The number of hydrogen-bond acceptors (Lipinski definition) is 2. The molecule has 2 nitrogen and oxygen atoms in total. The van der Waals surface area contributed by atoms with Crippen LogP contribution in [0, 0.1) is 0 Å². The highest BCUT2D eigenvalue weighted by Crippen LogP contribution is 2.49. The average Bonchev–Trinajstić information content (AvgIpc) is 3.10. The molecule has 0 atom stereocenters. The maximum absolute atomic E-state index is 11.9. The van der Waals surface area contributed by atoms with Gasteiger partial charge in [-0.3, -0.25) is 0 Å². The number of phenolic OH excluding ortho intramolecular Hbond substituents is 2. The summed E-state index contributed by atoms with van der Waals surface area (Å²) in [6.07, 6.45) is 31.7. The third-order valence-corrected chi connectivity index (χ3v) is 12.7. The zero-order valence-corrected chi connectivity index (χ0v) is 28.8. The maximum atomic E-state index is 11.9. The van der Waals surface area contributed by atoms with E-state index in [1.54, 1.807) is 0 Å². The molecule has 0 heterocycles. The van der Waals surface area contributed by atoms with Crippen LogP contribution in [0.25, 0.3) is 0 Å². The zero-order valence-electron chi connectivity index (χ0n) is 28.8. The van der Waals surface area contributed by atoms with Crippen molar-refractivity contribution in [1.29, 1.82) is 0 Å². The van der Waals surface area contributed by atoms with E-state index in [1.807, 2.05) is 0 Å². The second-order valence-corrected chi connectivity index (χ2v) is 15.8. The molecular formula is C43H64O2. The summed E-state index contributed by atoms with van der Waals surface area (Å²) in [5.74, 6) is 3.62. The van der Waals surface area contributed by atoms with Crippen molar-refractivity contribution in [3.63, 3.8) is 0 Å². The van der Waals surface area contributed by atoms with Crippen molar-refractivity contribution >= 4 is 0 Å². The Morgan fingerprint density at radius 1 is 0.467 bits per heavy atom. The van der Waals surface area contributed by atoms with E-state index in [9.17, 15) is 10.2 Å². The first-order valence-electron chi connectivity index (χ1n) is 19.9. The van der Waals surface area contributed by atoms with Crippen LogP contribution < -0.4 is 0 Å². The Morgan fingerprint density at radius 2 is 0.778 bits per heavy atom. The van der Waals surface area contributed by atoms with Crippen molar-refractivity contribution in [3.05, 3.63) is 57.6 Å². The van der Waals surface area contributed by atoms with E-state index in [2.05, 4.69) is 31.2 Å². The Balaban J connectivity index is 1.47. The summed E-state index contributed by atoms with van der Waals surface area (Å²) in [7, 11) is 0. The Morgan fingerprint density at radius 3 is 1.07 bits per heavy atom. The fraction of sp³-hybridized carbons (Fsp3) is 0.721. The van der Waals surface area contributed by atoms with Crippen molar-refractivity contribution < 1.29 is 10.2 Å². The molecule has 45 heavy (non-hydrogen) atoms. The lowest BCUT2D eigenvalue weighted by molar-refractivity contribution is 0.391. The molecule has 0 spiro atoms. The number of phenols is 2. The molecule has 0 aromatic heterocycles. The molecule has 4 aliphatic rings. The molecular weight excluding hydrogens is 548 g/mol. The molecule has 248 valence electrons. The van der Waals surface area contributed by atoms with E-state index in [4.69, 9.17) is 0 Å². The molecule has 4 fully saturated rings. The predicted octanol–water partition coefficient (Wildman–Crippen LogP) is 13.4. The quantitative estimate of drug-likeness (QED) is 0.248. The van der Waals surface area contributed by atoms with E-state index in [-0.39, 0.29) is 0 Å². The van der Waals surface area contributed by atoms with Crippen LogP contribution in [0.3, 0.4) is 0 Å². The molecule has 0 aliphatic heterocycles. The molecule has 2 N–H and O–H groups in total. The van der Waals surface area contributed by atoms with Crippen LogP contribution in [-0.4, -0.2) is 10.2 Å². The Kier molecular flexibility index (Phi) is 11.9. The van der Waals surface area contributed by atoms with Crippen molar-refractivity contribution in [2.75, 3.05) is 0 Å². The molecule has 0 radical (unpaired) electrons. The van der Waals surface area contributed by atoms with E-state index in [0.29, 0.717) is 41.1 Å². The van der Waals surface area contributed by atoms with Gasteiger partial charge in [0.25, 0.3) is 0 Å². The van der Waals surface area contributed by atoms with Crippen molar-refractivity contribution in [1.82, 2.24) is 0 Å². The first-order chi connectivity index (χ1) is 22.1. The van der Waals surface area contributed by atoms with Gasteiger partial charge in [-0.25, -0.2) is 0 Å². The van der Waals surface area contributed by atoms with Crippen LogP contribution in [0.15, 0.2) is 24.3 Å². The topological polar surface area (TPSA) is 40.5 Å². The van der Waals surface area contributed by atoms with Crippen molar-refractivity contribution in [3.8, 4) is 11.5 Å². The molecule has 2 aromatic rings. The molecule has 0 saturated heterocycles. The second-order valence-electron chi connectivity index (χ2n) is 15.8. The van der Waals surface area contributed by atoms with Crippen LogP contribution >= 0.6 is 0 Å².